The molecular formula is C14H14N2O3S. The SMILES string of the molecule is CCOC(=O)c1cccc(NC(=O)c2sccc2N)c1. The number of thiophene rings is 1. The molecule has 1 aromatic carbocycles. The van der Waals surface area contributed by atoms with Crippen molar-refractivity contribution in [2.45, 2.75) is 6.92 Å². The first-order valence-corrected chi connectivity index (χ1v) is 6.91. The van der Waals surface area contributed by atoms with E-state index in [2.05, 4.69) is 5.32 Å². The molecule has 0 atom stereocenters. The molecule has 2 aromatic rings. The molecule has 2 rings (SSSR count). The van der Waals surface area contributed by atoms with Crippen LogP contribution in [-0.4, -0.2) is 18.5 Å². The van der Waals surface area contributed by atoms with Crippen molar-refractivity contribution < 1.29 is 14.3 Å². The lowest BCUT2D eigenvalue weighted by Gasteiger charge is -2.07. The molecule has 6 heteroatoms. The first kappa shape index (κ1) is 14.1. The van der Waals surface area contributed by atoms with Crippen LogP contribution in [0.5, 0.6) is 0 Å². The molecule has 0 bridgehead atoms. The summed E-state index contributed by atoms with van der Waals surface area (Å²) in [4.78, 5) is 24.1. The van der Waals surface area contributed by atoms with E-state index in [0.717, 1.165) is 0 Å². The third kappa shape index (κ3) is 3.16. The van der Waals surface area contributed by atoms with E-state index in [0.29, 0.717) is 28.4 Å². The van der Waals surface area contributed by atoms with Crippen LogP contribution in [0.25, 0.3) is 0 Å². The Morgan fingerprint density at radius 1 is 1.35 bits per heavy atom. The number of hydrogen-bond acceptors (Lipinski definition) is 5. The highest BCUT2D eigenvalue weighted by Gasteiger charge is 2.12. The maximum absolute atomic E-state index is 12.0. The fraction of sp³-hybridized carbons (Fsp3) is 0.143. The number of esters is 1. The van der Waals surface area contributed by atoms with Gasteiger partial charge in [-0.05, 0) is 36.6 Å². The first-order valence-electron chi connectivity index (χ1n) is 6.03. The molecule has 3 N–H and O–H groups in total. The van der Waals surface area contributed by atoms with Crippen molar-refractivity contribution in [2.75, 3.05) is 17.7 Å². The van der Waals surface area contributed by atoms with Crippen LogP contribution in [0.4, 0.5) is 11.4 Å². The number of anilines is 2. The monoisotopic (exact) mass is 290 g/mol. The van der Waals surface area contributed by atoms with Gasteiger partial charge in [0, 0.05) is 5.69 Å². The predicted molar refractivity (Wildman–Crippen MR) is 79.1 cm³/mol. The zero-order valence-corrected chi connectivity index (χ0v) is 11.7. The van der Waals surface area contributed by atoms with E-state index >= 15 is 0 Å². The summed E-state index contributed by atoms with van der Waals surface area (Å²) in [6.07, 6.45) is 0. The van der Waals surface area contributed by atoms with Crippen molar-refractivity contribution >= 4 is 34.6 Å². The second-order valence-corrected chi connectivity index (χ2v) is 4.88. The summed E-state index contributed by atoms with van der Waals surface area (Å²) in [7, 11) is 0. The van der Waals surface area contributed by atoms with Crippen LogP contribution >= 0.6 is 11.3 Å². The number of carbonyl (C=O) groups is 2. The van der Waals surface area contributed by atoms with Gasteiger partial charge in [-0.1, -0.05) is 6.07 Å². The third-order valence-electron chi connectivity index (χ3n) is 2.53. The Bertz CT molecular complexity index is 637. The van der Waals surface area contributed by atoms with E-state index in [4.69, 9.17) is 10.5 Å². The lowest BCUT2D eigenvalue weighted by molar-refractivity contribution is 0.0526. The van der Waals surface area contributed by atoms with Crippen LogP contribution in [0.2, 0.25) is 0 Å². The summed E-state index contributed by atoms with van der Waals surface area (Å²) in [6, 6.07) is 8.26. The summed E-state index contributed by atoms with van der Waals surface area (Å²) in [5, 5.41) is 4.46. The van der Waals surface area contributed by atoms with Gasteiger partial charge in [-0.3, -0.25) is 4.79 Å². The van der Waals surface area contributed by atoms with Gasteiger partial charge in [0.05, 0.1) is 17.9 Å². The summed E-state index contributed by atoms with van der Waals surface area (Å²) in [6.45, 7) is 2.05. The highest BCUT2D eigenvalue weighted by Crippen LogP contribution is 2.21. The molecule has 0 radical (unpaired) electrons. The Morgan fingerprint density at radius 2 is 2.15 bits per heavy atom. The number of ether oxygens (including phenoxy) is 1. The van der Waals surface area contributed by atoms with Gasteiger partial charge in [-0.15, -0.1) is 11.3 Å². The molecule has 20 heavy (non-hydrogen) atoms. The predicted octanol–water partition coefficient (Wildman–Crippen LogP) is 2.76. The van der Waals surface area contributed by atoms with Crippen molar-refractivity contribution in [3.05, 3.63) is 46.2 Å². The Morgan fingerprint density at radius 3 is 2.80 bits per heavy atom. The highest BCUT2D eigenvalue weighted by atomic mass is 32.1. The molecule has 0 aliphatic rings. The van der Waals surface area contributed by atoms with E-state index < -0.39 is 5.97 Å². The van der Waals surface area contributed by atoms with E-state index in [1.165, 1.54) is 11.3 Å². The van der Waals surface area contributed by atoms with Crippen molar-refractivity contribution in [2.24, 2.45) is 0 Å². The minimum Gasteiger partial charge on any atom is -0.462 e. The lowest BCUT2D eigenvalue weighted by Crippen LogP contribution is -2.12. The van der Waals surface area contributed by atoms with Crippen LogP contribution in [0, 0.1) is 0 Å². The molecule has 5 nitrogen and oxygen atoms in total. The molecule has 0 fully saturated rings. The molecule has 104 valence electrons. The van der Waals surface area contributed by atoms with Crippen molar-refractivity contribution in [1.82, 2.24) is 0 Å². The molecule has 1 aromatic heterocycles. The molecule has 0 aliphatic heterocycles. The molecule has 0 saturated carbocycles. The fourth-order valence-electron chi connectivity index (χ4n) is 1.63. The maximum atomic E-state index is 12.0. The Hall–Kier alpha value is -2.34. The van der Waals surface area contributed by atoms with Crippen LogP contribution in [0.15, 0.2) is 35.7 Å². The molecule has 0 saturated heterocycles. The van der Waals surface area contributed by atoms with Crippen LogP contribution < -0.4 is 11.1 Å². The summed E-state index contributed by atoms with van der Waals surface area (Å²) >= 11 is 1.27. The molecule has 0 spiro atoms. The minimum atomic E-state index is -0.417. The maximum Gasteiger partial charge on any atom is 0.338 e. The molecule has 0 aliphatic carbocycles. The summed E-state index contributed by atoms with van der Waals surface area (Å²) in [5.74, 6) is -0.710. The summed E-state index contributed by atoms with van der Waals surface area (Å²) in [5.41, 5.74) is 7.04. The average Bonchev–Trinajstić information content (AvgIpc) is 2.85. The highest BCUT2D eigenvalue weighted by molar-refractivity contribution is 7.12. The third-order valence-corrected chi connectivity index (χ3v) is 3.46. The number of nitrogens with two attached hydrogens (primary N) is 1. The smallest absolute Gasteiger partial charge is 0.338 e. The topological polar surface area (TPSA) is 81.4 Å². The van der Waals surface area contributed by atoms with Gasteiger partial charge < -0.3 is 15.8 Å². The number of nitrogen functional groups attached to an aromatic ring is 1. The lowest BCUT2D eigenvalue weighted by atomic mass is 10.2. The number of amides is 1. The normalized spacial score (nSPS) is 10.1. The van der Waals surface area contributed by atoms with Gasteiger partial charge in [0.2, 0.25) is 0 Å². The van der Waals surface area contributed by atoms with Gasteiger partial charge in [-0.2, -0.15) is 0 Å². The number of hydrogen-bond donors (Lipinski definition) is 2. The molecule has 0 unspecified atom stereocenters. The number of benzene rings is 1. The van der Waals surface area contributed by atoms with Gasteiger partial charge >= 0.3 is 5.97 Å². The largest absolute Gasteiger partial charge is 0.462 e. The zero-order valence-electron chi connectivity index (χ0n) is 10.9. The van der Waals surface area contributed by atoms with Gasteiger partial charge in [0.1, 0.15) is 4.88 Å². The summed E-state index contributed by atoms with van der Waals surface area (Å²) < 4.78 is 4.91. The number of carbonyl (C=O) groups excluding carboxylic acids is 2. The van der Waals surface area contributed by atoms with Gasteiger partial charge in [0.15, 0.2) is 0 Å². The number of rotatable bonds is 4. The van der Waals surface area contributed by atoms with E-state index in [1.54, 1.807) is 42.6 Å². The molecular weight excluding hydrogens is 276 g/mol. The quantitative estimate of drug-likeness (QED) is 0.848. The fourth-order valence-corrected chi connectivity index (χ4v) is 2.34. The van der Waals surface area contributed by atoms with E-state index in [9.17, 15) is 9.59 Å². The molecule has 1 amide bonds. The van der Waals surface area contributed by atoms with Crippen LogP contribution in [0.1, 0.15) is 27.0 Å². The van der Waals surface area contributed by atoms with Crippen molar-refractivity contribution in [1.29, 1.82) is 0 Å². The van der Waals surface area contributed by atoms with Gasteiger partial charge in [-0.25, -0.2) is 4.79 Å². The Balaban J connectivity index is 2.14. The average molecular weight is 290 g/mol. The number of nitrogens with one attached hydrogen (secondary N) is 1. The zero-order chi connectivity index (χ0) is 14.5. The van der Waals surface area contributed by atoms with Crippen LogP contribution in [0.3, 0.4) is 0 Å². The van der Waals surface area contributed by atoms with Crippen molar-refractivity contribution in [3.8, 4) is 0 Å². The van der Waals surface area contributed by atoms with Crippen LogP contribution in [-0.2, 0) is 4.74 Å². The Labute approximate surface area is 120 Å². The first-order chi connectivity index (χ1) is 9.61. The van der Waals surface area contributed by atoms with E-state index in [1.807, 2.05) is 0 Å². The second-order valence-electron chi connectivity index (χ2n) is 3.96. The Kier molecular flexibility index (Phi) is 4.37. The second kappa shape index (κ2) is 6.21. The van der Waals surface area contributed by atoms with Gasteiger partial charge in [0.25, 0.3) is 5.91 Å². The minimum absolute atomic E-state index is 0.293. The van der Waals surface area contributed by atoms with E-state index in [-0.39, 0.29) is 5.91 Å². The van der Waals surface area contributed by atoms with Crippen molar-refractivity contribution in [3.63, 3.8) is 0 Å². The standard InChI is InChI=1S/C14H14N2O3S/c1-2-19-14(18)9-4-3-5-10(8-9)16-13(17)12-11(15)6-7-20-12/h3-8H,2,15H2,1H3,(H,16,17). The molecule has 1 heterocycles.